The first-order valence-corrected chi connectivity index (χ1v) is 6.79. The van der Waals surface area contributed by atoms with E-state index in [0.29, 0.717) is 5.92 Å². The summed E-state index contributed by atoms with van der Waals surface area (Å²) in [5.74, 6) is 0.560. The Kier molecular flexibility index (Phi) is 4.37. The zero-order chi connectivity index (χ0) is 13.0. The van der Waals surface area contributed by atoms with Gasteiger partial charge in [0.05, 0.1) is 0 Å². The molecule has 0 radical (unpaired) electrons. The molecule has 2 rings (SSSR count). The fraction of sp³-hybridized carbons (Fsp3) is 0.533. The van der Waals surface area contributed by atoms with E-state index in [2.05, 4.69) is 17.4 Å². The van der Waals surface area contributed by atoms with E-state index < -0.39 is 6.04 Å². The van der Waals surface area contributed by atoms with E-state index in [-0.39, 0.29) is 5.91 Å². The Labute approximate surface area is 109 Å². The van der Waals surface area contributed by atoms with Crippen molar-refractivity contribution in [2.75, 3.05) is 7.05 Å². The maximum absolute atomic E-state index is 11.5. The highest BCUT2D eigenvalue weighted by Gasteiger charge is 2.17. The van der Waals surface area contributed by atoms with Crippen LogP contribution in [0.3, 0.4) is 0 Å². The number of hydrogen-bond acceptors (Lipinski definition) is 2. The summed E-state index contributed by atoms with van der Waals surface area (Å²) in [6, 6.07) is 7.69. The molecule has 1 atom stereocenters. The lowest BCUT2D eigenvalue weighted by atomic mass is 9.84. The molecule has 3 N–H and O–H groups in total. The molecule has 0 aliphatic heterocycles. The first-order chi connectivity index (χ1) is 8.72. The van der Waals surface area contributed by atoms with Crippen molar-refractivity contribution in [3.63, 3.8) is 0 Å². The molecule has 0 saturated heterocycles. The minimum Gasteiger partial charge on any atom is -0.358 e. The predicted octanol–water partition coefficient (Wildman–Crippen LogP) is 2.48. The summed E-state index contributed by atoms with van der Waals surface area (Å²) in [5.41, 5.74) is 8.14. The molecule has 98 valence electrons. The summed E-state index contributed by atoms with van der Waals surface area (Å²) in [4.78, 5) is 11.5. The van der Waals surface area contributed by atoms with E-state index in [0.717, 1.165) is 5.56 Å². The molecule has 0 aromatic heterocycles. The average Bonchev–Trinajstić information content (AvgIpc) is 2.47. The molecule has 0 spiro atoms. The molecule has 0 heterocycles. The summed E-state index contributed by atoms with van der Waals surface area (Å²) < 4.78 is 0. The van der Waals surface area contributed by atoms with Crippen molar-refractivity contribution in [3.05, 3.63) is 35.4 Å². The van der Waals surface area contributed by atoms with Crippen LogP contribution in [-0.4, -0.2) is 13.0 Å². The number of likely N-dealkylation sites (N-methyl/N-ethyl adjacent to an activating group) is 1. The van der Waals surface area contributed by atoms with Gasteiger partial charge in [0.15, 0.2) is 0 Å². The van der Waals surface area contributed by atoms with Gasteiger partial charge in [0, 0.05) is 7.05 Å². The molecule has 1 saturated carbocycles. The Bertz CT molecular complexity index is 393. The van der Waals surface area contributed by atoms with Crippen molar-refractivity contribution in [1.82, 2.24) is 5.32 Å². The Hall–Kier alpha value is -1.35. The summed E-state index contributed by atoms with van der Waals surface area (Å²) in [6.07, 6.45) is 6.63. The Balaban J connectivity index is 2.07. The molecule has 1 aromatic carbocycles. The molecule has 1 aromatic rings. The monoisotopic (exact) mass is 246 g/mol. The lowest BCUT2D eigenvalue weighted by Crippen LogP contribution is -2.31. The SMILES string of the molecule is CNC(=O)C(N)c1ccc(C2CCCCC2)cc1. The van der Waals surface area contributed by atoms with Gasteiger partial charge in [-0.15, -0.1) is 0 Å². The fourth-order valence-corrected chi connectivity index (χ4v) is 2.72. The largest absolute Gasteiger partial charge is 0.358 e. The molecule has 1 unspecified atom stereocenters. The van der Waals surface area contributed by atoms with Crippen LogP contribution in [-0.2, 0) is 4.79 Å². The van der Waals surface area contributed by atoms with Crippen LogP contribution in [0.15, 0.2) is 24.3 Å². The number of rotatable bonds is 3. The summed E-state index contributed by atoms with van der Waals surface area (Å²) >= 11 is 0. The molecule has 1 amide bonds. The van der Waals surface area contributed by atoms with E-state index in [1.54, 1.807) is 7.05 Å². The van der Waals surface area contributed by atoms with Crippen LogP contribution in [0.2, 0.25) is 0 Å². The third kappa shape index (κ3) is 2.91. The van der Waals surface area contributed by atoms with Crippen LogP contribution in [0.1, 0.15) is 55.2 Å². The van der Waals surface area contributed by atoms with Crippen LogP contribution in [0.25, 0.3) is 0 Å². The van der Waals surface area contributed by atoms with Gasteiger partial charge in [0.2, 0.25) is 5.91 Å². The second-order valence-corrected chi connectivity index (χ2v) is 5.09. The molecule has 1 fully saturated rings. The van der Waals surface area contributed by atoms with Crippen LogP contribution in [0.5, 0.6) is 0 Å². The third-order valence-corrected chi connectivity index (χ3v) is 3.90. The normalized spacial score (nSPS) is 18.3. The van der Waals surface area contributed by atoms with Crippen molar-refractivity contribution in [3.8, 4) is 0 Å². The zero-order valence-electron chi connectivity index (χ0n) is 11.0. The van der Waals surface area contributed by atoms with Crippen LogP contribution < -0.4 is 11.1 Å². The number of carbonyl (C=O) groups excluding carboxylic acids is 1. The van der Waals surface area contributed by atoms with Crippen molar-refractivity contribution in [2.45, 2.75) is 44.1 Å². The first-order valence-electron chi connectivity index (χ1n) is 6.79. The molecule has 0 bridgehead atoms. The third-order valence-electron chi connectivity index (χ3n) is 3.90. The van der Waals surface area contributed by atoms with Crippen LogP contribution in [0, 0.1) is 0 Å². The van der Waals surface area contributed by atoms with Crippen molar-refractivity contribution in [1.29, 1.82) is 0 Å². The standard InChI is InChI=1S/C15H22N2O/c1-17-15(18)14(16)13-9-7-12(8-10-13)11-5-3-2-4-6-11/h7-11,14H,2-6,16H2,1H3,(H,17,18). The molecule has 1 aliphatic carbocycles. The minimum absolute atomic E-state index is 0.139. The second kappa shape index (κ2) is 6.01. The summed E-state index contributed by atoms with van der Waals surface area (Å²) in [7, 11) is 1.61. The van der Waals surface area contributed by atoms with Gasteiger partial charge < -0.3 is 11.1 Å². The van der Waals surface area contributed by atoms with Crippen molar-refractivity contribution in [2.24, 2.45) is 5.73 Å². The van der Waals surface area contributed by atoms with E-state index in [4.69, 9.17) is 5.73 Å². The van der Waals surface area contributed by atoms with Gasteiger partial charge in [-0.1, -0.05) is 43.5 Å². The molecule has 3 nitrogen and oxygen atoms in total. The Morgan fingerprint density at radius 1 is 1.22 bits per heavy atom. The number of nitrogens with one attached hydrogen (secondary N) is 1. The van der Waals surface area contributed by atoms with Crippen LogP contribution >= 0.6 is 0 Å². The number of benzene rings is 1. The molecule has 3 heteroatoms. The van der Waals surface area contributed by atoms with E-state index in [9.17, 15) is 4.79 Å². The highest BCUT2D eigenvalue weighted by Crippen LogP contribution is 2.32. The van der Waals surface area contributed by atoms with Gasteiger partial charge in [-0.25, -0.2) is 0 Å². The van der Waals surface area contributed by atoms with Gasteiger partial charge in [-0.2, -0.15) is 0 Å². The number of carbonyl (C=O) groups is 1. The van der Waals surface area contributed by atoms with Gasteiger partial charge in [-0.05, 0) is 29.9 Å². The van der Waals surface area contributed by atoms with Crippen molar-refractivity contribution >= 4 is 5.91 Å². The Morgan fingerprint density at radius 3 is 2.39 bits per heavy atom. The van der Waals surface area contributed by atoms with E-state index in [1.165, 1.54) is 37.7 Å². The van der Waals surface area contributed by atoms with Gasteiger partial charge in [0.1, 0.15) is 6.04 Å². The maximum atomic E-state index is 11.5. The molecule has 18 heavy (non-hydrogen) atoms. The lowest BCUT2D eigenvalue weighted by molar-refractivity contribution is -0.121. The smallest absolute Gasteiger partial charge is 0.241 e. The average molecular weight is 246 g/mol. The number of amides is 1. The van der Waals surface area contributed by atoms with Gasteiger partial charge in [0.25, 0.3) is 0 Å². The molecular weight excluding hydrogens is 224 g/mol. The van der Waals surface area contributed by atoms with Gasteiger partial charge in [-0.3, -0.25) is 4.79 Å². The quantitative estimate of drug-likeness (QED) is 0.861. The molecular formula is C15H22N2O. The summed E-state index contributed by atoms with van der Waals surface area (Å²) in [6.45, 7) is 0. The lowest BCUT2D eigenvalue weighted by Gasteiger charge is -2.22. The number of hydrogen-bond donors (Lipinski definition) is 2. The predicted molar refractivity (Wildman–Crippen MR) is 73.3 cm³/mol. The van der Waals surface area contributed by atoms with E-state index >= 15 is 0 Å². The highest BCUT2D eigenvalue weighted by molar-refractivity contribution is 5.82. The number of nitrogens with two attached hydrogens (primary N) is 1. The molecule has 1 aliphatic rings. The van der Waals surface area contributed by atoms with Gasteiger partial charge >= 0.3 is 0 Å². The first kappa shape index (κ1) is 13.1. The maximum Gasteiger partial charge on any atom is 0.241 e. The second-order valence-electron chi connectivity index (χ2n) is 5.09. The zero-order valence-corrected chi connectivity index (χ0v) is 11.0. The van der Waals surface area contributed by atoms with E-state index in [1.807, 2.05) is 12.1 Å². The summed E-state index contributed by atoms with van der Waals surface area (Å²) in [5, 5.41) is 2.58. The van der Waals surface area contributed by atoms with Crippen molar-refractivity contribution < 1.29 is 4.79 Å². The fourth-order valence-electron chi connectivity index (χ4n) is 2.72. The topological polar surface area (TPSA) is 55.1 Å². The minimum atomic E-state index is -0.560. The Morgan fingerprint density at radius 2 is 1.83 bits per heavy atom. The highest BCUT2D eigenvalue weighted by atomic mass is 16.2. The van der Waals surface area contributed by atoms with Crippen LogP contribution in [0.4, 0.5) is 0 Å².